The molecule has 0 aromatic rings. The molecule has 0 aromatic heterocycles. The topological polar surface area (TPSA) is 50.7 Å². The van der Waals surface area contributed by atoms with Gasteiger partial charge in [-0.25, -0.2) is 0 Å². The summed E-state index contributed by atoms with van der Waals surface area (Å²) in [7, 11) is 0. The Balaban J connectivity index is 2.64. The van der Waals surface area contributed by atoms with Crippen molar-refractivity contribution in [3.8, 4) is 0 Å². The van der Waals surface area contributed by atoms with Crippen molar-refractivity contribution >= 4 is 11.7 Å². The van der Waals surface area contributed by atoms with E-state index in [1.54, 1.807) is 0 Å². The zero-order valence-corrected chi connectivity index (χ0v) is 9.04. The Hall–Kier alpha value is -0.900. The van der Waals surface area contributed by atoms with Crippen molar-refractivity contribution in [2.75, 3.05) is 6.61 Å². The number of rotatable bonds is 5. The van der Waals surface area contributed by atoms with Crippen LogP contribution in [0.1, 0.15) is 33.6 Å². The predicted octanol–water partition coefficient (Wildman–Crippen LogP) is 1.11. The van der Waals surface area contributed by atoms with Crippen LogP contribution < -0.4 is 5.32 Å². The van der Waals surface area contributed by atoms with Crippen molar-refractivity contribution in [1.82, 2.24) is 5.32 Å². The number of aliphatic imine (C=N–C) groups is 1. The highest BCUT2D eigenvalue weighted by atomic mass is 16.5. The summed E-state index contributed by atoms with van der Waals surface area (Å²) in [5.41, 5.74) is 0. The van der Waals surface area contributed by atoms with Crippen LogP contribution in [-0.4, -0.2) is 30.5 Å². The summed E-state index contributed by atoms with van der Waals surface area (Å²) in [6, 6.07) is -0.209. The molecule has 1 aliphatic rings. The number of carbonyl (C=O) groups is 1. The first kappa shape index (κ1) is 11.2. The van der Waals surface area contributed by atoms with E-state index in [1.165, 1.54) is 0 Å². The number of hydrogen-bond donors (Lipinski definition) is 1. The van der Waals surface area contributed by atoms with E-state index < -0.39 is 0 Å². The molecule has 0 saturated heterocycles. The van der Waals surface area contributed by atoms with Crippen LogP contribution in [0.3, 0.4) is 0 Å². The number of carbonyl (C=O) groups excluding carboxylic acids is 1. The molecule has 4 nitrogen and oxygen atoms in total. The lowest BCUT2D eigenvalue weighted by molar-refractivity contribution is -0.120. The fourth-order valence-corrected chi connectivity index (χ4v) is 1.50. The minimum absolute atomic E-state index is 0.000605. The molecule has 0 fully saturated rings. The van der Waals surface area contributed by atoms with E-state index in [0.717, 1.165) is 12.8 Å². The third-order valence-corrected chi connectivity index (χ3v) is 2.28. The van der Waals surface area contributed by atoms with Crippen LogP contribution in [0.15, 0.2) is 4.99 Å². The molecule has 4 heteroatoms. The maximum Gasteiger partial charge on any atom is 0.250 e. The molecule has 0 radical (unpaired) electrons. The van der Waals surface area contributed by atoms with Crippen LogP contribution in [0.5, 0.6) is 0 Å². The fraction of sp³-hybridized carbons (Fsp3) is 0.800. The minimum Gasteiger partial charge on any atom is -0.371 e. The quantitative estimate of drug-likeness (QED) is 0.719. The van der Waals surface area contributed by atoms with Gasteiger partial charge in [0, 0.05) is 6.61 Å². The molecule has 2 unspecified atom stereocenters. The standard InChI is InChI=1S/C10H18N2O2/c1-4-7-10(13)12-9(11-7)8(5-2)14-6-3/h7-8H,4-6H2,1-3H3,(H,11,12,13). The molecule has 80 valence electrons. The number of nitrogens with zero attached hydrogens (tertiary/aromatic N) is 1. The van der Waals surface area contributed by atoms with Gasteiger partial charge in [0.1, 0.15) is 18.0 Å². The fourth-order valence-electron chi connectivity index (χ4n) is 1.50. The monoisotopic (exact) mass is 198 g/mol. The van der Waals surface area contributed by atoms with Gasteiger partial charge >= 0.3 is 0 Å². The van der Waals surface area contributed by atoms with Gasteiger partial charge in [-0.1, -0.05) is 13.8 Å². The lowest BCUT2D eigenvalue weighted by Crippen LogP contribution is -2.36. The molecule has 1 amide bonds. The number of amides is 1. The Morgan fingerprint density at radius 1 is 1.50 bits per heavy atom. The average molecular weight is 198 g/mol. The average Bonchev–Trinajstić information content (AvgIpc) is 2.56. The van der Waals surface area contributed by atoms with Crippen molar-refractivity contribution in [3.63, 3.8) is 0 Å². The Morgan fingerprint density at radius 3 is 2.64 bits per heavy atom. The van der Waals surface area contributed by atoms with Crippen LogP contribution >= 0.6 is 0 Å². The van der Waals surface area contributed by atoms with Crippen LogP contribution in [0.4, 0.5) is 0 Å². The molecule has 0 aromatic carbocycles. The molecule has 14 heavy (non-hydrogen) atoms. The first-order valence-electron chi connectivity index (χ1n) is 5.23. The van der Waals surface area contributed by atoms with Crippen molar-refractivity contribution < 1.29 is 9.53 Å². The molecule has 1 aliphatic heterocycles. The van der Waals surface area contributed by atoms with Crippen molar-refractivity contribution in [2.24, 2.45) is 4.99 Å². The molecule has 1 rings (SSSR count). The van der Waals surface area contributed by atoms with E-state index in [0.29, 0.717) is 12.4 Å². The van der Waals surface area contributed by atoms with Gasteiger partial charge < -0.3 is 10.1 Å². The number of hydrogen-bond acceptors (Lipinski definition) is 3. The van der Waals surface area contributed by atoms with Gasteiger partial charge in [-0.05, 0) is 19.8 Å². The number of nitrogens with one attached hydrogen (secondary N) is 1. The first-order valence-corrected chi connectivity index (χ1v) is 5.23. The third-order valence-electron chi connectivity index (χ3n) is 2.28. The van der Waals surface area contributed by atoms with E-state index in [1.807, 2.05) is 20.8 Å². The SMILES string of the molecule is CCOC(CC)C1=NC(CC)C(=O)N1. The lowest BCUT2D eigenvalue weighted by Gasteiger charge is -2.14. The first-order chi connectivity index (χ1) is 6.72. The molecule has 0 bridgehead atoms. The molecule has 2 atom stereocenters. The maximum absolute atomic E-state index is 11.4. The van der Waals surface area contributed by atoms with Crippen LogP contribution in [0.2, 0.25) is 0 Å². The van der Waals surface area contributed by atoms with E-state index >= 15 is 0 Å². The number of amidine groups is 1. The van der Waals surface area contributed by atoms with Gasteiger partial charge in [-0.15, -0.1) is 0 Å². The van der Waals surface area contributed by atoms with E-state index in [4.69, 9.17) is 4.74 Å². The van der Waals surface area contributed by atoms with Gasteiger partial charge in [0.15, 0.2) is 0 Å². The van der Waals surface area contributed by atoms with Crippen LogP contribution in [-0.2, 0) is 9.53 Å². The summed E-state index contributed by atoms with van der Waals surface area (Å²) in [4.78, 5) is 15.7. The van der Waals surface area contributed by atoms with Crippen molar-refractivity contribution in [2.45, 2.75) is 45.8 Å². The van der Waals surface area contributed by atoms with Crippen molar-refractivity contribution in [1.29, 1.82) is 0 Å². The Morgan fingerprint density at radius 2 is 2.21 bits per heavy atom. The zero-order valence-electron chi connectivity index (χ0n) is 9.04. The van der Waals surface area contributed by atoms with E-state index in [2.05, 4.69) is 10.3 Å². The van der Waals surface area contributed by atoms with Gasteiger partial charge in [0.2, 0.25) is 5.91 Å². The second-order valence-electron chi connectivity index (χ2n) is 3.28. The summed E-state index contributed by atoms with van der Waals surface area (Å²) in [5, 5.41) is 2.78. The van der Waals surface area contributed by atoms with Crippen molar-refractivity contribution in [3.05, 3.63) is 0 Å². The van der Waals surface area contributed by atoms with E-state index in [9.17, 15) is 4.79 Å². The lowest BCUT2D eigenvalue weighted by atomic mass is 10.2. The van der Waals surface area contributed by atoms with Gasteiger partial charge in [0.05, 0.1) is 0 Å². The van der Waals surface area contributed by atoms with Gasteiger partial charge in [0.25, 0.3) is 0 Å². The van der Waals surface area contributed by atoms with Gasteiger partial charge in [-0.2, -0.15) is 0 Å². The summed E-state index contributed by atoms with van der Waals surface area (Å²) < 4.78 is 5.47. The molecular weight excluding hydrogens is 180 g/mol. The summed E-state index contributed by atoms with van der Waals surface area (Å²) in [6.07, 6.45) is 1.53. The molecule has 0 spiro atoms. The Kier molecular flexibility index (Phi) is 4.07. The summed E-state index contributed by atoms with van der Waals surface area (Å²) in [6.45, 7) is 6.56. The molecule has 1 heterocycles. The summed E-state index contributed by atoms with van der Waals surface area (Å²) in [5.74, 6) is 0.701. The Bertz CT molecular complexity index is 238. The zero-order chi connectivity index (χ0) is 10.6. The highest BCUT2D eigenvalue weighted by Crippen LogP contribution is 2.10. The largest absolute Gasteiger partial charge is 0.371 e. The Labute approximate surface area is 84.7 Å². The second-order valence-corrected chi connectivity index (χ2v) is 3.28. The third kappa shape index (κ3) is 2.32. The predicted molar refractivity (Wildman–Crippen MR) is 55.4 cm³/mol. The van der Waals surface area contributed by atoms with Crippen LogP contribution in [0, 0.1) is 0 Å². The van der Waals surface area contributed by atoms with Crippen LogP contribution in [0.25, 0.3) is 0 Å². The maximum atomic E-state index is 11.4. The molecule has 1 N–H and O–H groups in total. The molecular formula is C10H18N2O2. The highest BCUT2D eigenvalue weighted by molar-refractivity contribution is 6.07. The molecule has 0 aliphatic carbocycles. The molecule has 0 saturated carbocycles. The second kappa shape index (κ2) is 5.10. The highest BCUT2D eigenvalue weighted by Gasteiger charge is 2.28. The smallest absolute Gasteiger partial charge is 0.250 e. The van der Waals surface area contributed by atoms with Gasteiger partial charge in [-0.3, -0.25) is 9.79 Å². The van der Waals surface area contributed by atoms with E-state index in [-0.39, 0.29) is 18.1 Å². The normalized spacial score (nSPS) is 23.2. The minimum atomic E-state index is -0.209. The summed E-state index contributed by atoms with van der Waals surface area (Å²) >= 11 is 0. The number of ether oxygens (including phenoxy) is 1.